The first-order valence-corrected chi connectivity index (χ1v) is 8.53. The standard InChI is InChI=1S/C15H21N3O2S/c1-17-9-7-13(8-10-17)12-18(2)21(19,20)15-6-4-3-5-14(15)11-16/h3-6,13H,7-10,12H2,1-2H3. The summed E-state index contributed by atoms with van der Waals surface area (Å²) in [7, 11) is 0.0848. The highest BCUT2D eigenvalue weighted by Crippen LogP contribution is 2.22. The predicted octanol–water partition coefficient (Wildman–Crippen LogP) is 1.52. The topological polar surface area (TPSA) is 64.4 Å². The molecule has 0 aromatic heterocycles. The number of benzene rings is 1. The first-order valence-electron chi connectivity index (χ1n) is 7.09. The van der Waals surface area contributed by atoms with Crippen molar-refractivity contribution in [3.63, 3.8) is 0 Å². The number of hydrogen-bond donors (Lipinski definition) is 0. The van der Waals surface area contributed by atoms with E-state index in [0.29, 0.717) is 12.5 Å². The van der Waals surface area contributed by atoms with Crippen molar-refractivity contribution in [1.29, 1.82) is 5.26 Å². The van der Waals surface area contributed by atoms with Crippen LogP contribution in [-0.4, -0.2) is 51.4 Å². The molecule has 0 amide bonds. The van der Waals surface area contributed by atoms with Crippen LogP contribution in [0, 0.1) is 17.2 Å². The Bertz CT molecular complexity index is 629. The third-order valence-corrected chi connectivity index (χ3v) is 5.93. The van der Waals surface area contributed by atoms with Crippen molar-refractivity contribution in [2.24, 2.45) is 5.92 Å². The minimum Gasteiger partial charge on any atom is -0.306 e. The van der Waals surface area contributed by atoms with Gasteiger partial charge in [-0.05, 0) is 51.0 Å². The fourth-order valence-electron chi connectivity index (χ4n) is 2.66. The summed E-state index contributed by atoms with van der Waals surface area (Å²) in [6.07, 6.45) is 2.02. The maximum atomic E-state index is 12.6. The van der Waals surface area contributed by atoms with Crippen molar-refractivity contribution in [3.05, 3.63) is 29.8 Å². The largest absolute Gasteiger partial charge is 0.306 e. The number of nitriles is 1. The van der Waals surface area contributed by atoms with Gasteiger partial charge in [-0.15, -0.1) is 0 Å². The molecular formula is C15H21N3O2S. The van der Waals surface area contributed by atoms with E-state index in [4.69, 9.17) is 5.26 Å². The third kappa shape index (κ3) is 3.62. The van der Waals surface area contributed by atoms with Crippen LogP contribution < -0.4 is 0 Å². The predicted molar refractivity (Wildman–Crippen MR) is 81.2 cm³/mol. The summed E-state index contributed by atoms with van der Waals surface area (Å²) in [5, 5.41) is 9.08. The SMILES string of the molecule is CN1CCC(CN(C)S(=O)(=O)c2ccccc2C#N)CC1. The molecule has 1 aromatic carbocycles. The van der Waals surface area contributed by atoms with Crippen LogP contribution in [0.3, 0.4) is 0 Å². The zero-order valence-corrected chi connectivity index (χ0v) is 13.3. The lowest BCUT2D eigenvalue weighted by molar-refractivity contribution is 0.202. The Kier molecular flexibility index (Phi) is 4.99. The molecule has 0 saturated carbocycles. The van der Waals surface area contributed by atoms with E-state index in [1.165, 1.54) is 16.4 Å². The monoisotopic (exact) mass is 307 g/mol. The summed E-state index contributed by atoms with van der Waals surface area (Å²) in [6.45, 7) is 2.52. The highest BCUT2D eigenvalue weighted by atomic mass is 32.2. The summed E-state index contributed by atoms with van der Waals surface area (Å²) >= 11 is 0. The molecule has 1 aliphatic heterocycles. The van der Waals surface area contributed by atoms with E-state index < -0.39 is 10.0 Å². The van der Waals surface area contributed by atoms with Crippen molar-refractivity contribution in [2.75, 3.05) is 33.7 Å². The quantitative estimate of drug-likeness (QED) is 0.846. The minimum atomic E-state index is -3.60. The molecule has 0 atom stereocenters. The molecule has 0 unspecified atom stereocenters. The molecule has 5 nitrogen and oxygen atoms in total. The highest BCUT2D eigenvalue weighted by molar-refractivity contribution is 7.89. The number of likely N-dealkylation sites (tertiary alicyclic amines) is 1. The lowest BCUT2D eigenvalue weighted by atomic mass is 9.97. The molecular weight excluding hydrogens is 286 g/mol. The molecule has 114 valence electrons. The molecule has 1 saturated heterocycles. The fraction of sp³-hybridized carbons (Fsp3) is 0.533. The van der Waals surface area contributed by atoms with Crippen LogP contribution in [0.5, 0.6) is 0 Å². The summed E-state index contributed by atoms with van der Waals surface area (Å²) in [5.41, 5.74) is 0.202. The third-order valence-electron chi connectivity index (χ3n) is 4.05. The van der Waals surface area contributed by atoms with Crippen LogP contribution in [-0.2, 0) is 10.0 Å². The average Bonchev–Trinajstić information content (AvgIpc) is 2.49. The summed E-state index contributed by atoms with van der Waals surface area (Å²) < 4.78 is 26.6. The van der Waals surface area contributed by atoms with E-state index in [2.05, 4.69) is 11.9 Å². The maximum absolute atomic E-state index is 12.6. The second-order valence-electron chi connectivity index (χ2n) is 5.64. The highest BCUT2D eigenvalue weighted by Gasteiger charge is 2.27. The van der Waals surface area contributed by atoms with E-state index >= 15 is 0 Å². The Morgan fingerprint density at radius 2 is 1.95 bits per heavy atom. The molecule has 1 aliphatic rings. The molecule has 1 fully saturated rings. The van der Waals surface area contributed by atoms with Gasteiger partial charge in [-0.1, -0.05) is 12.1 Å². The molecule has 1 aromatic rings. The second-order valence-corrected chi connectivity index (χ2v) is 7.65. The number of rotatable bonds is 4. The average molecular weight is 307 g/mol. The fourth-order valence-corrected chi connectivity index (χ4v) is 4.04. The lowest BCUT2D eigenvalue weighted by Gasteiger charge is -2.31. The van der Waals surface area contributed by atoms with Gasteiger partial charge >= 0.3 is 0 Å². The molecule has 0 bridgehead atoms. The van der Waals surface area contributed by atoms with Crippen molar-refractivity contribution < 1.29 is 8.42 Å². The molecule has 21 heavy (non-hydrogen) atoms. The van der Waals surface area contributed by atoms with Gasteiger partial charge in [-0.25, -0.2) is 12.7 Å². The zero-order chi connectivity index (χ0) is 15.5. The molecule has 1 heterocycles. The summed E-state index contributed by atoms with van der Waals surface area (Å²) in [5.74, 6) is 0.384. The van der Waals surface area contributed by atoms with Gasteiger partial charge in [0.2, 0.25) is 10.0 Å². The number of nitrogens with zero attached hydrogens (tertiary/aromatic N) is 3. The van der Waals surface area contributed by atoms with E-state index in [1.807, 2.05) is 6.07 Å². The Hall–Kier alpha value is -1.42. The van der Waals surface area contributed by atoms with Crippen LogP contribution in [0.4, 0.5) is 0 Å². The lowest BCUT2D eigenvalue weighted by Crippen LogP contribution is -2.38. The second kappa shape index (κ2) is 6.56. The van der Waals surface area contributed by atoms with Gasteiger partial charge in [0, 0.05) is 13.6 Å². The first-order chi connectivity index (χ1) is 9.95. The minimum absolute atomic E-state index is 0.0999. The zero-order valence-electron chi connectivity index (χ0n) is 12.5. The summed E-state index contributed by atoms with van der Waals surface area (Å²) in [6, 6.07) is 8.32. The van der Waals surface area contributed by atoms with Gasteiger partial charge in [-0.2, -0.15) is 5.26 Å². The van der Waals surface area contributed by atoms with Gasteiger partial charge in [0.25, 0.3) is 0 Å². The maximum Gasteiger partial charge on any atom is 0.244 e. The molecule has 2 rings (SSSR count). The number of piperidine rings is 1. The molecule has 0 N–H and O–H groups in total. The Labute approximate surface area is 126 Å². The van der Waals surface area contributed by atoms with Crippen molar-refractivity contribution in [3.8, 4) is 6.07 Å². The van der Waals surface area contributed by atoms with Crippen LogP contribution >= 0.6 is 0 Å². The molecule has 0 spiro atoms. The summed E-state index contributed by atoms with van der Waals surface area (Å²) in [4.78, 5) is 2.36. The number of sulfonamides is 1. The van der Waals surface area contributed by atoms with Crippen LogP contribution in [0.1, 0.15) is 18.4 Å². The van der Waals surface area contributed by atoms with Crippen LogP contribution in [0.2, 0.25) is 0 Å². The Balaban J connectivity index is 2.14. The van der Waals surface area contributed by atoms with E-state index in [-0.39, 0.29) is 10.5 Å². The van der Waals surface area contributed by atoms with Gasteiger partial charge in [0.15, 0.2) is 0 Å². The molecule has 6 heteroatoms. The van der Waals surface area contributed by atoms with Gasteiger partial charge in [-0.3, -0.25) is 0 Å². The molecule has 0 aliphatic carbocycles. The van der Waals surface area contributed by atoms with E-state index in [9.17, 15) is 8.42 Å². The van der Waals surface area contributed by atoms with E-state index in [0.717, 1.165) is 25.9 Å². The van der Waals surface area contributed by atoms with Crippen molar-refractivity contribution in [1.82, 2.24) is 9.21 Å². The Morgan fingerprint density at radius 1 is 1.33 bits per heavy atom. The van der Waals surface area contributed by atoms with E-state index in [1.54, 1.807) is 19.2 Å². The van der Waals surface area contributed by atoms with Crippen molar-refractivity contribution >= 4 is 10.0 Å². The van der Waals surface area contributed by atoms with Gasteiger partial charge in [0.05, 0.1) is 10.5 Å². The van der Waals surface area contributed by atoms with Crippen molar-refractivity contribution in [2.45, 2.75) is 17.7 Å². The van der Waals surface area contributed by atoms with Crippen LogP contribution in [0.25, 0.3) is 0 Å². The smallest absolute Gasteiger partial charge is 0.244 e. The van der Waals surface area contributed by atoms with Crippen LogP contribution in [0.15, 0.2) is 29.2 Å². The molecule has 0 radical (unpaired) electrons. The normalized spacial score (nSPS) is 17.8. The van der Waals surface area contributed by atoms with Gasteiger partial charge < -0.3 is 4.90 Å². The van der Waals surface area contributed by atoms with Gasteiger partial charge in [0.1, 0.15) is 6.07 Å². The Morgan fingerprint density at radius 3 is 2.57 bits per heavy atom. The number of hydrogen-bond acceptors (Lipinski definition) is 4. The first kappa shape index (κ1) is 16.0.